The molecule has 102 valence electrons. The first-order valence-electron chi connectivity index (χ1n) is 6.57. The predicted octanol–water partition coefficient (Wildman–Crippen LogP) is 3.49. The lowest BCUT2D eigenvalue weighted by atomic mass is 10.1. The molecule has 0 aliphatic heterocycles. The summed E-state index contributed by atoms with van der Waals surface area (Å²) < 4.78 is 10.8. The third-order valence-electron chi connectivity index (χ3n) is 3.13. The average Bonchev–Trinajstić information content (AvgIpc) is 2.90. The molecular formula is C16H16N2O2. The molecule has 20 heavy (non-hydrogen) atoms. The maximum atomic E-state index is 5.65. The minimum absolute atomic E-state index is 0.546. The van der Waals surface area contributed by atoms with Gasteiger partial charge in [-0.25, -0.2) is 0 Å². The maximum absolute atomic E-state index is 5.65. The zero-order chi connectivity index (χ0) is 13.8. The van der Waals surface area contributed by atoms with E-state index in [1.165, 1.54) is 5.56 Å². The summed E-state index contributed by atoms with van der Waals surface area (Å²) in [6.45, 7) is 0.786. The SMILES string of the molecule is COc1ccc2nc(NCCc3ccccc3)oc2c1. The molecule has 1 aromatic heterocycles. The molecule has 4 nitrogen and oxygen atoms in total. The Morgan fingerprint density at radius 3 is 2.80 bits per heavy atom. The molecule has 0 unspecified atom stereocenters. The molecule has 0 amide bonds. The molecule has 0 saturated heterocycles. The van der Waals surface area contributed by atoms with Crippen LogP contribution in [0.3, 0.4) is 0 Å². The quantitative estimate of drug-likeness (QED) is 0.769. The molecule has 0 aliphatic carbocycles. The lowest BCUT2D eigenvalue weighted by Gasteiger charge is -2.01. The highest BCUT2D eigenvalue weighted by atomic mass is 16.5. The number of fused-ring (bicyclic) bond motifs is 1. The van der Waals surface area contributed by atoms with E-state index in [2.05, 4.69) is 22.4 Å². The van der Waals surface area contributed by atoms with Crippen molar-refractivity contribution in [1.29, 1.82) is 0 Å². The summed E-state index contributed by atoms with van der Waals surface area (Å²) >= 11 is 0. The normalized spacial score (nSPS) is 10.7. The van der Waals surface area contributed by atoms with Crippen molar-refractivity contribution < 1.29 is 9.15 Å². The summed E-state index contributed by atoms with van der Waals surface area (Å²) in [6.07, 6.45) is 0.933. The van der Waals surface area contributed by atoms with E-state index >= 15 is 0 Å². The highest BCUT2D eigenvalue weighted by molar-refractivity contribution is 5.76. The number of hydrogen-bond acceptors (Lipinski definition) is 4. The Balaban J connectivity index is 1.66. The van der Waals surface area contributed by atoms with Crippen LogP contribution in [0.2, 0.25) is 0 Å². The molecule has 3 aromatic rings. The van der Waals surface area contributed by atoms with Gasteiger partial charge in [-0.2, -0.15) is 4.98 Å². The van der Waals surface area contributed by atoms with Gasteiger partial charge in [0.15, 0.2) is 5.58 Å². The standard InChI is InChI=1S/C16H16N2O2/c1-19-13-7-8-14-15(11-13)20-16(18-14)17-10-9-12-5-3-2-4-6-12/h2-8,11H,9-10H2,1H3,(H,17,18). The Labute approximate surface area is 117 Å². The summed E-state index contributed by atoms with van der Waals surface area (Å²) in [5.41, 5.74) is 2.84. The Morgan fingerprint density at radius 1 is 1.15 bits per heavy atom. The number of methoxy groups -OCH3 is 1. The fourth-order valence-electron chi connectivity index (χ4n) is 2.07. The van der Waals surface area contributed by atoms with E-state index < -0.39 is 0 Å². The van der Waals surface area contributed by atoms with Gasteiger partial charge in [0, 0.05) is 12.6 Å². The highest BCUT2D eigenvalue weighted by Crippen LogP contribution is 2.23. The van der Waals surface area contributed by atoms with E-state index in [1.54, 1.807) is 7.11 Å². The maximum Gasteiger partial charge on any atom is 0.295 e. The van der Waals surface area contributed by atoms with Crippen molar-refractivity contribution >= 4 is 17.1 Å². The summed E-state index contributed by atoms with van der Waals surface area (Å²) in [7, 11) is 1.64. The number of hydrogen-bond donors (Lipinski definition) is 1. The molecule has 3 rings (SSSR count). The van der Waals surface area contributed by atoms with Crippen LogP contribution >= 0.6 is 0 Å². The van der Waals surface area contributed by atoms with E-state index in [0.29, 0.717) is 6.01 Å². The fraction of sp³-hybridized carbons (Fsp3) is 0.188. The predicted molar refractivity (Wildman–Crippen MR) is 79.2 cm³/mol. The van der Waals surface area contributed by atoms with Crippen LogP contribution in [0.15, 0.2) is 52.9 Å². The molecule has 0 saturated carbocycles. The van der Waals surface area contributed by atoms with Crippen molar-refractivity contribution in [1.82, 2.24) is 4.98 Å². The Hall–Kier alpha value is -2.49. The van der Waals surface area contributed by atoms with E-state index in [9.17, 15) is 0 Å². The van der Waals surface area contributed by atoms with Gasteiger partial charge in [-0.15, -0.1) is 0 Å². The molecule has 0 radical (unpaired) electrons. The Morgan fingerprint density at radius 2 is 2.00 bits per heavy atom. The molecule has 0 bridgehead atoms. The van der Waals surface area contributed by atoms with Crippen molar-refractivity contribution in [2.75, 3.05) is 19.0 Å². The molecule has 0 spiro atoms. The minimum Gasteiger partial charge on any atom is -0.497 e. The minimum atomic E-state index is 0.546. The topological polar surface area (TPSA) is 47.3 Å². The zero-order valence-electron chi connectivity index (χ0n) is 11.3. The third kappa shape index (κ3) is 2.74. The lowest BCUT2D eigenvalue weighted by Crippen LogP contribution is -2.04. The number of nitrogens with one attached hydrogen (secondary N) is 1. The Kier molecular flexibility index (Phi) is 3.54. The van der Waals surface area contributed by atoms with Gasteiger partial charge in [0.1, 0.15) is 11.3 Å². The van der Waals surface area contributed by atoms with Gasteiger partial charge in [0.25, 0.3) is 6.01 Å². The number of ether oxygens (including phenoxy) is 1. The molecule has 2 aromatic carbocycles. The van der Waals surface area contributed by atoms with E-state index in [4.69, 9.17) is 9.15 Å². The average molecular weight is 268 g/mol. The van der Waals surface area contributed by atoms with Crippen molar-refractivity contribution in [2.45, 2.75) is 6.42 Å². The number of rotatable bonds is 5. The number of aromatic nitrogens is 1. The van der Waals surface area contributed by atoms with Crippen LogP contribution in [0.25, 0.3) is 11.1 Å². The number of oxazole rings is 1. The van der Waals surface area contributed by atoms with E-state index in [1.807, 2.05) is 36.4 Å². The van der Waals surface area contributed by atoms with Crippen LogP contribution in [0.4, 0.5) is 6.01 Å². The first-order chi connectivity index (χ1) is 9.85. The van der Waals surface area contributed by atoms with Crippen LogP contribution in [0.5, 0.6) is 5.75 Å². The van der Waals surface area contributed by atoms with Gasteiger partial charge in [-0.05, 0) is 24.1 Å². The van der Waals surface area contributed by atoms with Gasteiger partial charge in [-0.3, -0.25) is 0 Å². The number of benzene rings is 2. The summed E-state index contributed by atoms with van der Waals surface area (Å²) in [6, 6.07) is 16.5. The molecule has 0 aliphatic rings. The van der Waals surface area contributed by atoms with Crippen molar-refractivity contribution in [3.8, 4) is 5.75 Å². The van der Waals surface area contributed by atoms with E-state index in [-0.39, 0.29) is 0 Å². The molecular weight excluding hydrogens is 252 g/mol. The number of nitrogens with zero attached hydrogens (tertiary/aromatic N) is 1. The summed E-state index contributed by atoms with van der Waals surface area (Å²) in [5.74, 6) is 0.768. The van der Waals surface area contributed by atoms with Crippen LogP contribution in [-0.2, 0) is 6.42 Å². The summed E-state index contributed by atoms with van der Waals surface area (Å²) in [4.78, 5) is 4.39. The molecule has 1 heterocycles. The first-order valence-corrected chi connectivity index (χ1v) is 6.57. The largest absolute Gasteiger partial charge is 0.497 e. The second-order valence-corrected chi connectivity index (χ2v) is 4.52. The van der Waals surface area contributed by atoms with Crippen LogP contribution in [0.1, 0.15) is 5.56 Å². The first kappa shape index (κ1) is 12.5. The molecule has 0 fully saturated rings. The third-order valence-corrected chi connectivity index (χ3v) is 3.13. The van der Waals surface area contributed by atoms with Gasteiger partial charge >= 0.3 is 0 Å². The second kappa shape index (κ2) is 5.65. The van der Waals surface area contributed by atoms with Crippen molar-refractivity contribution in [2.24, 2.45) is 0 Å². The fourth-order valence-corrected chi connectivity index (χ4v) is 2.07. The molecule has 0 atom stereocenters. The monoisotopic (exact) mass is 268 g/mol. The van der Waals surface area contributed by atoms with Crippen LogP contribution in [-0.4, -0.2) is 18.6 Å². The Bertz CT molecular complexity index is 692. The van der Waals surface area contributed by atoms with Gasteiger partial charge < -0.3 is 14.5 Å². The van der Waals surface area contributed by atoms with Crippen LogP contribution in [0, 0.1) is 0 Å². The lowest BCUT2D eigenvalue weighted by molar-refractivity contribution is 0.414. The zero-order valence-corrected chi connectivity index (χ0v) is 11.3. The number of anilines is 1. The van der Waals surface area contributed by atoms with Crippen molar-refractivity contribution in [3.63, 3.8) is 0 Å². The van der Waals surface area contributed by atoms with Gasteiger partial charge in [0.2, 0.25) is 0 Å². The van der Waals surface area contributed by atoms with Crippen molar-refractivity contribution in [3.05, 3.63) is 54.1 Å². The summed E-state index contributed by atoms with van der Waals surface area (Å²) in [5, 5.41) is 3.20. The highest BCUT2D eigenvalue weighted by Gasteiger charge is 2.06. The van der Waals surface area contributed by atoms with Gasteiger partial charge in [-0.1, -0.05) is 30.3 Å². The smallest absolute Gasteiger partial charge is 0.295 e. The molecule has 1 N–H and O–H groups in total. The van der Waals surface area contributed by atoms with E-state index in [0.717, 1.165) is 29.8 Å². The second-order valence-electron chi connectivity index (χ2n) is 4.52. The van der Waals surface area contributed by atoms with Gasteiger partial charge in [0.05, 0.1) is 7.11 Å². The van der Waals surface area contributed by atoms with Crippen LogP contribution < -0.4 is 10.1 Å². The molecule has 4 heteroatoms.